The van der Waals surface area contributed by atoms with Crippen LogP contribution in [0.3, 0.4) is 0 Å². The Morgan fingerprint density at radius 1 is 1.38 bits per heavy atom. The van der Waals surface area contributed by atoms with Crippen molar-refractivity contribution in [3.63, 3.8) is 0 Å². The Bertz CT molecular complexity index is 576. The Morgan fingerprint density at radius 2 is 2.05 bits per heavy atom. The van der Waals surface area contributed by atoms with E-state index in [1.807, 2.05) is 27.0 Å². The Balaban J connectivity index is 3.28. The average Bonchev–Trinajstić information content (AvgIpc) is 2.43. The molecule has 0 saturated carbocycles. The van der Waals surface area contributed by atoms with Gasteiger partial charge in [-0.25, -0.2) is 8.42 Å². The summed E-state index contributed by atoms with van der Waals surface area (Å²) in [5, 5.41) is 3.04. The molecule has 1 N–H and O–H groups in total. The second-order valence-corrected chi connectivity index (χ2v) is 7.44. The van der Waals surface area contributed by atoms with Gasteiger partial charge in [0.05, 0.1) is 11.5 Å². The summed E-state index contributed by atoms with van der Waals surface area (Å²) in [5.74, 6) is 0. The quantitative estimate of drug-likeness (QED) is 0.752. The summed E-state index contributed by atoms with van der Waals surface area (Å²) in [4.78, 5) is 0.311. The lowest BCUT2D eigenvalue weighted by Crippen LogP contribution is -2.34. The molecule has 0 spiro atoms. The van der Waals surface area contributed by atoms with Crippen molar-refractivity contribution in [1.29, 1.82) is 0 Å². The van der Waals surface area contributed by atoms with Crippen molar-refractivity contribution in [1.82, 2.24) is 9.62 Å². The first kappa shape index (κ1) is 18.6. The molecule has 1 aromatic rings. The number of hydrogen-bond acceptors (Lipinski definition) is 4. The molecule has 0 saturated heterocycles. The number of nitrogens with one attached hydrogen (secondary N) is 1. The van der Waals surface area contributed by atoms with Crippen LogP contribution in [-0.4, -0.2) is 46.6 Å². The molecule has 0 atom stereocenters. The topological polar surface area (TPSA) is 58.6 Å². The van der Waals surface area contributed by atoms with Crippen molar-refractivity contribution in [3.8, 4) is 0 Å². The summed E-state index contributed by atoms with van der Waals surface area (Å²) in [5.41, 5.74) is 1.85. The number of halogens is 1. The molecular weight excluding hydrogens is 356 g/mol. The van der Waals surface area contributed by atoms with Crippen LogP contribution in [0.25, 0.3) is 0 Å². The first-order valence-corrected chi connectivity index (χ1v) is 9.04. The molecule has 0 amide bonds. The Morgan fingerprint density at radius 3 is 2.57 bits per heavy atom. The minimum absolute atomic E-state index is 0.311. The zero-order chi connectivity index (χ0) is 16.0. The van der Waals surface area contributed by atoms with Crippen molar-refractivity contribution in [2.75, 3.05) is 33.9 Å². The molecule has 7 heteroatoms. The van der Waals surface area contributed by atoms with Crippen LogP contribution in [0.15, 0.2) is 21.5 Å². The molecule has 5 nitrogen and oxygen atoms in total. The molecule has 21 heavy (non-hydrogen) atoms. The predicted octanol–water partition coefficient (Wildman–Crippen LogP) is 2.13. The fraction of sp³-hybridized carbons (Fsp3) is 0.571. The van der Waals surface area contributed by atoms with Gasteiger partial charge in [-0.1, -0.05) is 13.0 Å². The zero-order valence-corrected chi connectivity index (χ0v) is 15.3. The summed E-state index contributed by atoms with van der Waals surface area (Å²) >= 11 is 3.41. The number of methoxy groups -OCH3 is 1. The van der Waals surface area contributed by atoms with Gasteiger partial charge in [0, 0.05) is 31.2 Å². The van der Waals surface area contributed by atoms with Gasteiger partial charge in [0.25, 0.3) is 0 Å². The molecule has 0 aliphatic rings. The lowest BCUT2D eigenvalue weighted by molar-refractivity contribution is 0.180. The first-order valence-electron chi connectivity index (χ1n) is 6.81. The van der Waals surface area contributed by atoms with Gasteiger partial charge in [-0.05, 0) is 47.1 Å². The summed E-state index contributed by atoms with van der Waals surface area (Å²) in [6, 6.07) is 3.70. The highest BCUT2D eigenvalue weighted by Gasteiger charge is 2.26. The van der Waals surface area contributed by atoms with Crippen molar-refractivity contribution in [2.45, 2.75) is 25.3 Å². The van der Waals surface area contributed by atoms with E-state index in [9.17, 15) is 8.42 Å². The van der Waals surface area contributed by atoms with Crippen LogP contribution >= 0.6 is 15.9 Å². The van der Waals surface area contributed by atoms with Crippen LogP contribution in [0.1, 0.15) is 18.1 Å². The highest BCUT2D eigenvalue weighted by atomic mass is 79.9. The Hall–Kier alpha value is -0.470. The molecule has 0 aromatic heterocycles. The first-order chi connectivity index (χ1) is 9.88. The second-order valence-electron chi connectivity index (χ2n) is 4.74. The van der Waals surface area contributed by atoms with Crippen LogP contribution < -0.4 is 5.32 Å². The van der Waals surface area contributed by atoms with E-state index in [0.717, 1.165) is 11.1 Å². The van der Waals surface area contributed by atoms with Gasteiger partial charge in [-0.2, -0.15) is 4.31 Å². The maximum absolute atomic E-state index is 12.8. The second kappa shape index (κ2) is 8.24. The Labute approximate surface area is 135 Å². The zero-order valence-electron chi connectivity index (χ0n) is 12.9. The predicted molar refractivity (Wildman–Crippen MR) is 88.0 cm³/mol. The number of nitrogens with zero attached hydrogens (tertiary/aromatic N) is 1. The summed E-state index contributed by atoms with van der Waals surface area (Å²) in [7, 11) is -0.139. The smallest absolute Gasteiger partial charge is 0.244 e. The van der Waals surface area contributed by atoms with Gasteiger partial charge < -0.3 is 10.1 Å². The average molecular weight is 379 g/mol. The molecule has 1 aromatic carbocycles. The molecule has 120 valence electrons. The minimum atomic E-state index is -3.54. The van der Waals surface area contributed by atoms with Crippen LogP contribution in [0.5, 0.6) is 0 Å². The van der Waals surface area contributed by atoms with Crippen molar-refractivity contribution < 1.29 is 13.2 Å². The lowest BCUT2D eigenvalue weighted by Gasteiger charge is -2.22. The van der Waals surface area contributed by atoms with Gasteiger partial charge in [-0.15, -0.1) is 0 Å². The van der Waals surface area contributed by atoms with Crippen LogP contribution in [0.2, 0.25) is 0 Å². The molecule has 0 aliphatic heterocycles. The molecule has 0 bridgehead atoms. The third kappa shape index (κ3) is 4.50. The van der Waals surface area contributed by atoms with Gasteiger partial charge in [0.15, 0.2) is 0 Å². The largest absolute Gasteiger partial charge is 0.383 e. The van der Waals surface area contributed by atoms with E-state index in [1.165, 1.54) is 4.31 Å². The minimum Gasteiger partial charge on any atom is -0.383 e. The fourth-order valence-electron chi connectivity index (χ4n) is 2.08. The lowest BCUT2D eigenvalue weighted by atomic mass is 10.1. The fourth-order valence-corrected chi connectivity index (χ4v) is 4.55. The van der Waals surface area contributed by atoms with E-state index in [0.29, 0.717) is 35.6 Å². The SMILES string of the molecule is CCN(CCOC)S(=O)(=O)c1cc(CNC)cc(C)c1Br. The van der Waals surface area contributed by atoms with Gasteiger partial charge in [0.2, 0.25) is 10.0 Å². The van der Waals surface area contributed by atoms with Crippen LogP contribution in [0, 0.1) is 6.92 Å². The molecule has 0 aliphatic carbocycles. The number of benzene rings is 1. The maximum atomic E-state index is 12.8. The summed E-state index contributed by atoms with van der Waals surface area (Å²) < 4.78 is 32.7. The summed E-state index contributed by atoms with van der Waals surface area (Å²) in [6.45, 7) is 5.48. The highest BCUT2D eigenvalue weighted by molar-refractivity contribution is 9.10. The summed E-state index contributed by atoms with van der Waals surface area (Å²) in [6.07, 6.45) is 0. The Kier molecular flexibility index (Phi) is 7.29. The number of hydrogen-bond donors (Lipinski definition) is 1. The van der Waals surface area contributed by atoms with Crippen molar-refractivity contribution in [3.05, 3.63) is 27.7 Å². The van der Waals surface area contributed by atoms with E-state index in [2.05, 4.69) is 21.2 Å². The molecule has 1 rings (SSSR count). The maximum Gasteiger partial charge on any atom is 0.244 e. The van der Waals surface area contributed by atoms with Gasteiger partial charge >= 0.3 is 0 Å². The van der Waals surface area contributed by atoms with Crippen molar-refractivity contribution in [2.24, 2.45) is 0 Å². The number of aryl methyl sites for hydroxylation is 1. The van der Waals surface area contributed by atoms with Crippen LogP contribution in [-0.2, 0) is 21.3 Å². The van der Waals surface area contributed by atoms with Gasteiger partial charge in [0.1, 0.15) is 0 Å². The van der Waals surface area contributed by atoms with E-state index >= 15 is 0 Å². The molecule has 0 fully saturated rings. The van der Waals surface area contributed by atoms with E-state index in [-0.39, 0.29) is 0 Å². The number of rotatable bonds is 8. The standard InChI is InChI=1S/C14H23BrN2O3S/c1-5-17(6-7-20-4)21(18,19)13-9-12(10-16-3)8-11(2)14(13)15/h8-9,16H,5-7,10H2,1-4H3. The van der Waals surface area contributed by atoms with E-state index in [1.54, 1.807) is 13.2 Å². The molecule has 0 radical (unpaired) electrons. The number of likely N-dealkylation sites (N-methyl/N-ethyl adjacent to an activating group) is 1. The van der Waals surface area contributed by atoms with Gasteiger partial charge in [-0.3, -0.25) is 0 Å². The number of sulfonamides is 1. The number of ether oxygens (including phenoxy) is 1. The third-order valence-corrected chi connectivity index (χ3v) is 6.49. The van der Waals surface area contributed by atoms with Crippen molar-refractivity contribution >= 4 is 26.0 Å². The molecular formula is C14H23BrN2O3S. The molecule has 0 unspecified atom stereocenters. The highest BCUT2D eigenvalue weighted by Crippen LogP contribution is 2.29. The van der Waals surface area contributed by atoms with E-state index in [4.69, 9.17) is 4.74 Å². The van der Waals surface area contributed by atoms with E-state index < -0.39 is 10.0 Å². The third-order valence-electron chi connectivity index (χ3n) is 3.18. The van der Waals surface area contributed by atoms with Crippen LogP contribution in [0.4, 0.5) is 0 Å². The monoisotopic (exact) mass is 378 g/mol. The molecule has 0 heterocycles. The normalized spacial score (nSPS) is 12.1.